The first-order valence-electron chi connectivity index (χ1n) is 12.1. The molecule has 0 unspecified atom stereocenters. The molecule has 3 fully saturated rings. The molecule has 6 rings (SSSR count). The van der Waals surface area contributed by atoms with Gasteiger partial charge in [0.2, 0.25) is 0 Å². The number of carbonyl (C=O) groups excluding carboxylic acids is 1. The standard InChI is InChI=1S/C27H30FN3O2/c28-24-7-6-23(26(32)29-20-16-27(17-20)9-1-10-27)25-22(24)8-11-31(25)18-19-2-4-21(5-3-19)30-12-14-33-15-13-30/h2-8,11,20H,1,9-10,12-18H2,(H,29,32). The van der Waals surface area contributed by atoms with Crippen molar-refractivity contribution in [2.75, 3.05) is 31.2 Å². The van der Waals surface area contributed by atoms with Crippen LogP contribution in [0.5, 0.6) is 0 Å². The Morgan fingerprint density at radius 2 is 1.82 bits per heavy atom. The molecule has 1 aromatic heterocycles. The number of carbonyl (C=O) groups is 1. The minimum absolute atomic E-state index is 0.0956. The van der Waals surface area contributed by atoms with Gasteiger partial charge in [-0.25, -0.2) is 4.39 Å². The fraction of sp³-hybridized carbons (Fsp3) is 0.444. The van der Waals surface area contributed by atoms with E-state index in [-0.39, 0.29) is 17.8 Å². The third-order valence-corrected chi connectivity index (χ3v) is 7.89. The van der Waals surface area contributed by atoms with Crippen molar-refractivity contribution >= 4 is 22.5 Å². The van der Waals surface area contributed by atoms with E-state index in [4.69, 9.17) is 4.74 Å². The Bertz CT molecular complexity index is 1170. The van der Waals surface area contributed by atoms with Gasteiger partial charge < -0.3 is 19.5 Å². The van der Waals surface area contributed by atoms with Gasteiger partial charge in [0.1, 0.15) is 5.82 Å². The highest BCUT2D eigenvalue weighted by molar-refractivity contribution is 6.06. The van der Waals surface area contributed by atoms with Crippen molar-refractivity contribution in [1.82, 2.24) is 9.88 Å². The third-order valence-electron chi connectivity index (χ3n) is 7.89. The number of amides is 1. The van der Waals surface area contributed by atoms with E-state index in [1.165, 1.54) is 31.0 Å². The number of hydrogen-bond acceptors (Lipinski definition) is 3. The van der Waals surface area contributed by atoms with Crippen LogP contribution in [-0.4, -0.2) is 42.8 Å². The molecule has 2 aromatic carbocycles. The molecular formula is C27H30FN3O2. The fourth-order valence-electron chi connectivity index (χ4n) is 5.87. The summed E-state index contributed by atoms with van der Waals surface area (Å²) in [5.74, 6) is -0.387. The quantitative estimate of drug-likeness (QED) is 0.615. The Hall–Kier alpha value is -2.86. The van der Waals surface area contributed by atoms with Gasteiger partial charge in [0, 0.05) is 42.9 Å². The van der Waals surface area contributed by atoms with Crippen LogP contribution in [0.15, 0.2) is 48.7 Å². The molecule has 1 amide bonds. The highest BCUT2D eigenvalue weighted by Gasteiger charge is 2.48. The van der Waals surface area contributed by atoms with E-state index < -0.39 is 0 Å². The number of aromatic nitrogens is 1. The van der Waals surface area contributed by atoms with Crippen LogP contribution in [-0.2, 0) is 11.3 Å². The predicted octanol–water partition coefficient (Wildman–Crippen LogP) is 4.73. The van der Waals surface area contributed by atoms with E-state index in [2.05, 4.69) is 34.5 Å². The number of rotatable bonds is 5. The Morgan fingerprint density at radius 1 is 1.06 bits per heavy atom. The Balaban J connectivity index is 1.22. The highest BCUT2D eigenvalue weighted by atomic mass is 19.1. The molecule has 0 radical (unpaired) electrons. The zero-order valence-corrected chi connectivity index (χ0v) is 18.9. The SMILES string of the molecule is O=C(NC1CC2(CCC2)C1)c1ccc(F)c2ccn(Cc3ccc(N4CCOCC4)cc3)c12. The minimum Gasteiger partial charge on any atom is -0.378 e. The maximum atomic E-state index is 14.6. The van der Waals surface area contributed by atoms with Crippen molar-refractivity contribution in [1.29, 1.82) is 0 Å². The molecule has 3 aliphatic rings. The zero-order valence-electron chi connectivity index (χ0n) is 18.9. The van der Waals surface area contributed by atoms with Crippen LogP contribution < -0.4 is 10.2 Å². The van der Waals surface area contributed by atoms with Gasteiger partial charge in [0.05, 0.1) is 24.3 Å². The lowest BCUT2D eigenvalue weighted by molar-refractivity contribution is -0.000603. The molecular weight excluding hydrogens is 417 g/mol. The van der Waals surface area contributed by atoms with Crippen molar-refractivity contribution in [2.24, 2.45) is 5.41 Å². The molecule has 2 aliphatic carbocycles. The van der Waals surface area contributed by atoms with E-state index in [1.807, 2.05) is 10.8 Å². The van der Waals surface area contributed by atoms with Gasteiger partial charge in [0.25, 0.3) is 5.91 Å². The highest BCUT2D eigenvalue weighted by Crippen LogP contribution is 2.55. The molecule has 5 nitrogen and oxygen atoms in total. The van der Waals surface area contributed by atoms with Crippen molar-refractivity contribution < 1.29 is 13.9 Å². The monoisotopic (exact) mass is 447 g/mol. The van der Waals surface area contributed by atoms with Crippen molar-refractivity contribution in [2.45, 2.75) is 44.7 Å². The summed E-state index contributed by atoms with van der Waals surface area (Å²) in [6, 6.07) is 13.5. The average molecular weight is 448 g/mol. The molecule has 1 N–H and O–H groups in total. The number of nitrogens with zero attached hydrogens (tertiary/aromatic N) is 2. The predicted molar refractivity (Wildman–Crippen MR) is 127 cm³/mol. The van der Waals surface area contributed by atoms with E-state index in [9.17, 15) is 9.18 Å². The van der Waals surface area contributed by atoms with E-state index in [0.717, 1.165) is 44.7 Å². The first kappa shape index (κ1) is 20.7. The van der Waals surface area contributed by atoms with Crippen LogP contribution in [0, 0.1) is 11.2 Å². The lowest BCUT2D eigenvalue weighted by Crippen LogP contribution is -2.53. The third kappa shape index (κ3) is 3.80. The first-order chi connectivity index (χ1) is 16.1. The summed E-state index contributed by atoms with van der Waals surface area (Å²) in [5, 5.41) is 3.70. The number of ether oxygens (including phenoxy) is 1. The van der Waals surface area contributed by atoms with Gasteiger partial charge >= 0.3 is 0 Å². The van der Waals surface area contributed by atoms with Gasteiger partial charge in [-0.3, -0.25) is 4.79 Å². The lowest BCUT2D eigenvalue weighted by Gasteiger charge is -2.54. The summed E-state index contributed by atoms with van der Waals surface area (Å²) in [5.41, 5.74) is 4.03. The summed E-state index contributed by atoms with van der Waals surface area (Å²) >= 11 is 0. The molecule has 3 aromatic rings. The maximum absolute atomic E-state index is 14.6. The second-order valence-corrected chi connectivity index (χ2v) is 10.00. The number of benzene rings is 2. The van der Waals surface area contributed by atoms with Gasteiger partial charge in [-0.15, -0.1) is 0 Å². The van der Waals surface area contributed by atoms with Crippen LogP contribution in [0.25, 0.3) is 10.9 Å². The fourth-order valence-corrected chi connectivity index (χ4v) is 5.87. The molecule has 1 aliphatic heterocycles. The molecule has 1 saturated heterocycles. The van der Waals surface area contributed by atoms with Crippen LogP contribution in [0.2, 0.25) is 0 Å². The Morgan fingerprint density at radius 3 is 2.52 bits per heavy atom. The van der Waals surface area contributed by atoms with Crippen LogP contribution in [0.1, 0.15) is 48.0 Å². The average Bonchev–Trinajstić information content (AvgIpc) is 3.20. The number of nitrogens with one attached hydrogen (secondary N) is 1. The second kappa shape index (κ2) is 8.17. The Kier molecular flexibility index (Phi) is 5.13. The van der Waals surface area contributed by atoms with Gasteiger partial charge in [-0.05, 0) is 67.0 Å². The summed E-state index contributed by atoms with van der Waals surface area (Å²) in [6.07, 6.45) is 7.97. The smallest absolute Gasteiger partial charge is 0.253 e. The number of fused-ring (bicyclic) bond motifs is 1. The van der Waals surface area contributed by atoms with E-state index in [1.54, 1.807) is 12.1 Å². The largest absolute Gasteiger partial charge is 0.378 e. The minimum atomic E-state index is -0.292. The van der Waals surface area contributed by atoms with Gasteiger partial charge in [0.15, 0.2) is 0 Å². The number of morpholine rings is 1. The Labute approximate surface area is 193 Å². The second-order valence-electron chi connectivity index (χ2n) is 10.00. The number of anilines is 1. The molecule has 6 heteroatoms. The summed E-state index contributed by atoms with van der Waals surface area (Å²) in [7, 11) is 0. The maximum Gasteiger partial charge on any atom is 0.253 e. The normalized spacial score (nSPS) is 20.0. The molecule has 2 heterocycles. The molecule has 1 spiro atoms. The van der Waals surface area contributed by atoms with Crippen molar-refractivity contribution in [3.8, 4) is 0 Å². The van der Waals surface area contributed by atoms with Crippen LogP contribution in [0.4, 0.5) is 10.1 Å². The van der Waals surface area contributed by atoms with Gasteiger partial charge in [-0.2, -0.15) is 0 Å². The topological polar surface area (TPSA) is 46.5 Å². The van der Waals surface area contributed by atoms with Crippen LogP contribution in [0.3, 0.4) is 0 Å². The molecule has 172 valence electrons. The number of hydrogen-bond donors (Lipinski definition) is 1. The van der Waals surface area contributed by atoms with Crippen LogP contribution >= 0.6 is 0 Å². The molecule has 0 bridgehead atoms. The summed E-state index contributed by atoms with van der Waals surface area (Å²) in [6.45, 7) is 3.91. The molecule has 0 atom stereocenters. The number of halogens is 1. The summed E-state index contributed by atoms with van der Waals surface area (Å²) in [4.78, 5) is 15.5. The first-order valence-corrected chi connectivity index (χ1v) is 12.1. The van der Waals surface area contributed by atoms with E-state index in [0.29, 0.717) is 28.4 Å². The molecule has 33 heavy (non-hydrogen) atoms. The lowest BCUT2D eigenvalue weighted by atomic mass is 9.54. The van der Waals surface area contributed by atoms with Gasteiger partial charge in [-0.1, -0.05) is 18.6 Å². The van der Waals surface area contributed by atoms with Crippen molar-refractivity contribution in [3.05, 3.63) is 65.6 Å². The zero-order chi connectivity index (χ0) is 22.4. The molecule has 2 saturated carbocycles. The van der Waals surface area contributed by atoms with E-state index >= 15 is 0 Å². The summed E-state index contributed by atoms with van der Waals surface area (Å²) < 4.78 is 22.0. The van der Waals surface area contributed by atoms with Crippen molar-refractivity contribution in [3.63, 3.8) is 0 Å².